The van der Waals surface area contributed by atoms with E-state index in [2.05, 4.69) is 14.9 Å². The van der Waals surface area contributed by atoms with Gasteiger partial charge in [-0.25, -0.2) is 4.98 Å². The number of imidazole rings is 1. The van der Waals surface area contributed by atoms with Crippen LogP contribution in [0.2, 0.25) is 0 Å². The maximum atomic E-state index is 14.0. The summed E-state index contributed by atoms with van der Waals surface area (Å²) in [7, 11) is 1.87. The lowest BCUT2D eigenvalue weighted by Crippen LogP contribution is -2.51. The van der Waals surface area contributed by atoms with E-state index in [9.17, 15) is 9.59 Å². The van der Waals surface area contributed by atoms with E-state index in [1.165, 1.54) is 0 Å². The summed E-state index contributed by atoms with van der Waals surface area (Å²) < 4.78 is 6.63. The number of ether oxygens (including phenoxy) is 1. The summed E-state index contributed by atoms with van der Waals surface area (Å²) in [6, 6.07) is 13.3. The minimum absolute atomic E-state index is 0.00563. The van der Waals surface area contributed by atoms with Crippen molar-refractivity contribution >= 4 is 22.8 Å². The number of aryl methyl sites for hydroxylation is 1. The molecule has 2 aromatic carbocycles. The van der Waals surface area contributed by atoms with Crippen molar-refractivity contribution in [1.82, 2.24) is 19.8 Å². The van der Waals surface area contributed by atoms with Gasteiger partial charge in [-0.15, -0.1) is 0 Å². The summed E-state index contributed by atoms with van der Waals surface area (Å²) in [6.07, 6.45) is 8.92. The fraction of sp³-hybridized carbons (Fsp3) is 0.500. The highest BCUT2D eigenvalue weighted by molar-refractivity contribution is 5.98. The second kappa shape index (κ2) is 11.4. The van der Waals surface area contributed by atoms with E-state index in [1.807, 2.05) is 61.3 Å². The summed E-state index contributed by atoms with van der Waals surface area (Å²) in [5, 5.41) is 0. The van der Waals surface area contributed by atoms with Gasteiger partial charge in [0, 0.05) is 25.7 Å². The topological polar surface area (TPSA) is 78.5 Å². The van der Waals surface area contributed by atoms with E-state index < -0.39 is 0 Å². The zero-order chi connectivity index (χ0) is 25.8. The Morgan fingerprint density at radius 3 is 2.59 bits per heavy atom. The number of hydrogen-bond acceptors (Lipinski definition) is 4. The molecule has 0 radical (unpaired) electrons. The molecule has 1 fully saturated rings. The average molecular weight is 503 g/mol. The number of nitrogens with zero attached hydrogens (tertiary/aromatic N) is 3. The molecule has 2 heterocycles. The van der Waals surface area contributed by atoms with Crippen LogP contribution in [0.15, 0.2) is 42.5 Å². The first-order valence-electron chi connectivity index (χ1n) is 13.8. The van der Waals surface area contributed by atoms with Gasteiger partial charge in [-0.1, -0.05) is 37.8 Å². The third-order valence-electron chi connectivity index (χ3n) is 7.81. The van der Waals surface area contributed by atoms with Crippen molar-refractivity contribution in [2.24, 2.45) is 0 Å². The van der Waals surface area contributed by atoms with Gasteiger partial charge < -0.3 is 19.5 Å². The summed E-state index contributed by atoms with van der Waals surface area (Å²) in [5.74, 6) is 1.50. The summed E-state index contributed by atoms with van der Waals surface area (Å²) in [4.78, 5) is 38.9. The smallest absolute Gasteiger partial charge is 0.257 e. The summed E-state index contributed by atoms with van der Waals surface area (Å²) in [5.41, 5.74) is 3.03. The molecule has 2 aliphatic rings. The molecule has 196 valence electrons. The van der Waals surface area contributed by atoms with Gasteiger partial charge in [0.15, 0.2) is 0 Å². The largest absolute Gasteiger partial charge is 0.487 e. The second-order valence-electron chi connectivity index (χ2n) is 10.6. The van der Waals surface area contributed by atoms with E-state index in [1.54, 1.807) is 0 Å². The first-order chi connectivity index (χ1) is 18.0. The predicted octanol–water partition coefficient (Wildman–Crippen LogP) is 5.74. The first kappa shape index (κ1) is 25.3. The van der Waals surface area contributed by atoms with Crippen LogP contribution in [0, 0.1) is 6.92 Å². The van der Waals surface area contributed by atoms with Crippen LogP contribution in [0.4, 0.5) is 0 Å². The predicted molar refractivity (Wildman–Crippen MR) is 145 cm³/mol. The Hall–Kier alpha value is -3.35. The van der Waals surface area contributed by atoms with Crippen molar-refractivity contribution < 1.29 is 14.3 Å². The van der Waals surface area contributed by atoms with Gasteiger partial charge in [-0.3, -0.25) is 9.59 Å². The van der Waals surface area contributed by atoms with Gasteiger partial charge in [0.25, 0.3) is 11.8 Å². The third kappa shape index (κ3) is 5.65. The van der Waals surface area contributed by atoms with Gasteiger partial charge in [0.2, 0.25) is 0 Å². The van der Waals surface area contributed by atoms with Gasteiger partial charge >= 0.3 is 0 Å². The number of aromatic nitrogens is 2. The minimum Gasteiger partial charge on any atom is -0.487 e. The molecule has 5 rings (SSSR count). The number of nitrogens with one attached hydrogen (secondary N) is 1. The van der Waals surface area contributed by atoms with E-state index in [4.69, 9.17) is 4.74 Å². The number of para-hydroxylation sites is 1. The van der Waals surface area contributed by atoms with Crippen LogP contribution in [-0.4, -0.2) is 63.9 Å². The molecule has 3 aromatic rings. The van der Waals surface area contributed by atoms with Gasteiger partial charge in [-0.05, 0) is 69.4 Å². The Balaban J connectivity index is 1.48. The van der Waals surface area contributed by atoms with Gasteiger partial charge in [0.1, 0.15) is 17.7 Å². The van der Waals surface area contributed by atoms with Crippen LogP contribution in [0.5, 0.6) is 5.75 Å². The van der Waals surface area contributed by atoms with Crippen molar-refractivity contribution in [2.45, 2.75) is 76.9 Å². The van der Waals surface area contributed by atoms with Crippen LogP contribution in [-0.2, 0) is 0 Å². The van der Waals surface area contributed by atoms with Crippen molar-refractivity contribution in [2.75, 3.05) is 20.1 Å². The molecule has 1 N–H and O–H groups in total. The standard InChI is InChI=1S/C30H38N4O3/c1-21-31-24-17-16-22(20-25(24)32-21)29(35)34-19-11-5-3-4-10-18-33(2)30(36)23-12-6-8-14-27(23)37-28-15-9-7-13-26(28)34/h6,8,12,14,16-17,20,26,28H,3-5,7,9-11,13,15,18-19H2,1-2H3,(H,31,32)/t26-,28+/m1/s1. The Morgan fingerprint density at radius 2 is 1.73 bits per heavy atom. The molecule has 0 unspecified atom stereocenters. The Morgan fingerprint density at radius 1 is 0.973 bits per heavy atom. The quantitative estimate of drug-likeness (QED) is 0.460. The molecular weight excluding hydrogens is 464 g/mol. The van der Waals surface area contributed by atoms with Gasteiger partial charge in [0.05, 0.1) is 22.6 Å². The fourth-order valence-corrected chi connectivity index (χ4v) is 5.80. The van der Waals surface area contributed by atoms with Crippen molar-refractivity contribution in [3.63, 3.8) is 0 Å². The number of carbonyl (C=O) groups excluding carboxylic acids is 2. The SMILES string of the molecule is Cc1nc2ccc(C(=O)N3CCCCCCCN(C)C(=O)c4ccccc4O[C@H]4CCCC[C@H]43)cc2[nH]1. The monoisotopic (exact) mass is 502 g/mol. The molecule has 1 aliphatic carbocycles. The van der Waals surface area contributed by atoms with Crippen LogP contribution >= 0.6 is 0 Å². The second-order valence-corrected chi connectivity index (χ2v) is 10.6. The Kier molecular flexibility index (Phi) is 7.77. The molecule has 37 heavy (non-hydrogen) atoms. The average Bonchev–Trinajstić information content (AvgIpc) is 3.29. The van der Waals surface area contributed by atoms with E-state index in [0.29, 0.717) is 23.4 Å². The van der Waals surface area contributed by atoms with Crippen molar-refractivity contribution in [1.29, 1.82) is 0 Å². The number of rotatable bonds is 1. The molecule has 7 nitrogen and oxygen atoms in total. The highest BCUT2D eigenvalue weighted by Crippen LogP contribution is 2.31. The first-order valence-corrected chi connectivity index (χ1v) is 13.8. The number of carbonyl (C=O) groups is 2. The number of benzene rings is 2. The molecule has 1 aliphatic heterocycles. The minimum atomic E-state index is -0.153. The molecule has 0 bridgehead atoms. The fourth-order valence-electron chi connectivity index (χ4n) is 5.80. The number of aromatic amines is 1. The van der Waals surface area contributed by atoms with E-state index >= 15 is 0 Å². The lowest BCUT2D eigenvalue weighted by molar-refractivity contribution is 0.0270. The molecule has 7 heteroatoms. The lowest BCUT2D eigenvalue weighted by Gasteiger charge is -2.40. The Labute approximate surface area is 219 Å². The maximum Gasteiger partial charge on any atom is 0.257 e. The highest BCUT2D eigenvalue weighted by Gasteiger charge is 2.35. The van der Waals surface area contributed by atoms with Crippen LogP contribution in [0.3, 0.4) is 0 Å². The number of amides is 2. The normalized spacial score (nSPS) is 21.9. The van der Waals surface area contributed by atoms with E-state index in [0.717, 1.165) is 81.2 Å². The number of hydrogen-bond donors (Lipinski definition) is 1. The number of fused-ring (bicyclic) bond motifs is 3. The van der Waals surface area contributed by atoms with E-state index in [-0.39, 0.29) is 24.0 Å². The van der Waals surface area contributed by atoms with Crippen LogP contribution in [0.1, 0.15) is 84.3 Å². The Bertz CT molecular complexity index is 1250. The van der Waals surface area contributed by atoms with Crippen LogP contribution < -0.4 is 4.74 Å². The van der Waals surface area contributed by atoms with Gasteiger partial charge in [-0.2, -0.15) is 0 Å². The maximum absolute atomic E-state index is 14.0. The molecule has 0 saturated heterocycles. The van der Waals surface area contributed by atoms with Crippen molar-refractivity contribution in [3.05, 3.63) is 59.4 Å². The molecule has 1 aromatic heterocycles. The number of H-pyrrole nitrogens is 1. The lowest BCUT2D eigenvalue weighted by atomic mass is 9.90. The molecule has 2 amide bonds. The van der Waals surface area contributed by atoms with Crippen molar-refractivity contribution in [3.8, 4) is 5.75 Å². The molecular formula is C30H38N4O3. The zero-order valence-corrected chi connectivity index (χ0v) is 22.0. The zero-order valence-electron chi connectivity index (χ0n) is 22.0. The molecule has 1 saturated carbocycles. The molecule has 0 spiro atoms. The summed E-state index contributed by atoms with van der Waals surface area (Å²) >= 11 is 0. The van der Waals surface area contributed by atoms with Crippen LogP contribution in [0.25, 0.3) is 11.0 Å². The highest BCUT2D eigenvalue weighted by atomic mass is 16.5. The summed E-state index contributed by atoms with van der Waals surface area (Å²) in [6.45, 7) is 3.37. The third-order valence-corrected chi connectivity index (χ3v) is 7.81. The molecule has 2 atom stereocenters.